The number of benzene rings is 1. The number of nitriles is 1. The molecule has 1 N–H and O–H groups in total. The Morgan fingerprint density at radius 2 is 2.12 bits per heavy atom. The monoisotopic (exact) mass is 226 g/mol. The number of rotatable bonds is 2. The molecule has 1 aromatic carbocycles. The highest BCUT2D eigenvalue weighted by Crippen LogP contribution is 2.07. The van der Waals surface area contributed by atoms with Crippen molar-refractivity contribution in [3.63, 3.8) is 0 Å². The molecule has 0 aliphatic carbocycles. The van der Waals surface area contributed by atoms with Gasteiger partial charge in [0.2, 0.25) is 0 Å². The van der Waals surface area contributed by atoms with Crippen molar-refractivity contribution in [2.75, 3.05) is 0 Å². The zero-order valence-corrected chi connectivity index (χ0v) is 9.00. The Bertz CT molecular complexity index is 638. The van der Waals surface area contributed by atoms with Gasteiger partial charge in [-0.1, -0.05) is 12.1 Å². The molecule has 0 saturated heterocycles. The fourth-order valence-electron chi connectivity index (χ4n) is 1.56. The summed E-state index contributed by atoms with van der Waals surface area (Å²) in [6, 6.07) is 11.7. The van der Waals surface area contributed by atoms with Gasteiger partial charge in [-0.25, -0.2) is 0 Å². The number of aromatic hydroxyl groups is 1. The predicted molar refractivity (Wildman–Crippen MR) is 62.6 cm³/mol. The van der Waals surface area contributed by atoms with Crippen LogP contribution in [0.1, 0.15) is 11.1 Å². The van der Waals surface area contributed by atoms with Gasteiger partial charge in [0, 0.05) is 12.3 Å². The van der Waals surface area contributed by atoms with E-state index < -0.39 is 0 Å². The molecule has 1 heterocycles. The molecule has 2 aromatic rings. The lowest BCUT2D eigenvalue weighted by Gasteiger charge is -2.05. The molecule has 17 heavy (non-hydrogen) atoms. The highest BCUT2D eigenvalue weighted by molar-refractivity contribution is 5.33. The third-order valence-corrected chi connectivity index (χ3v) is 2.39. The summed E-state index contributed by atoms with van der Waals surface area (Å²) in [5.41, 5.74) is 1.17. The Morgan fingerprint density at radius 1 is 1.29 bits per heavy atom. The van der Waals surface area contributed by atoms with Crippen molar-refractivity contribution < 1.29 is 5.11 Å². The van der Waals surface area contributed by atoms with E-state index in [4.69, 9.17) is 10.4 Å². The zero-order chi connectivity index (χ0) is 12.3. The summed E-state index contributed by atoms with van der Waals surface area (Å²) >= 11 is 0. The van der Waals surface area contributed by atoms with E-state index in [1.54, 1.807) is 18.2 Å². The van der Waals surface area contributed by atoms with E-state index in [1.807, 2.05) is 12.1 Å². The fraction of sp³-hybridized carbons (Fsp3) is 0.0769. The molecule has 0 atom stereocenters. The number of hydrogen-bond acceptors (Lipinski definition) is 3. The molecule has 4 heteroatoms. The van der Waals surface area contributed by atoms with E-state index in [0.29, 0.717) is 12.1 Å². The number of aromatic nitrogens is 1. The molecule has 84 valence electrons. The summed E-state index contributed by atoms with van der Waals surface area (Å²) in [4.78, 5) is 11.5. The van der Waals surface area contributed by atoms with Crippen molar-refractivity contribution in [3.8, 4) is 11.8 Å². The van der Waals surface area contributed by atoms with Crippen molar-refractivity contribution in [1.82, 2.24) is 4.57 Å². The third-order valence-electron chi connectivity index (χ3n) is 2.39. The summed E-state index contributed by atoms with van der Waals surface area (Å²) in [6.45, 7) is 0.384. The first-order chi connectivity index (χ1) is 8.19. The summed E-state index contributed by atoms with van der Waals surface area (Å²) in [6.07, 6.45) is 1.52. The van der Waals surface area contributed by atoms with Crippen LogP contribution in [-0.4, -0.2) is 9.67 Å². The normalized spacial score (nSPS) is 9.82. The van der Waals surface area contributed by atoms with E-state index in [-0.39, 0.29) is 11.3 Å². The van der Waals surface area contributed by atoms with Crippen LogP contribution >= 0.6 is 0 Å². The minimum atomic E-state index is -0.271. The molecule has 0 fully saturated rings. The van der Waals surface area contributed by atoms with Gasteiger partial charge in [0.15, 0.2) is 0 Å². The third kappa shape index (κ3) is 2.52. The molecule has 2 rings (SSSR count). The molecular formula is C13H10N2O2. The van der Waals surface area contributed by atoms with Gasteiger partial charge < -0.3 is 9.67 Å². The van der Waals surface area contributed by atoms with Gasteiger partial charge in [-0.15, -0.1) is 0 Å². The zero-order valence-electron chi connectivity index (χ0n) is 9.00. The molecule has 0 amide bonds. The minimum absolute atomic E-state index is 0.0444. The molecule has 0 spiro atoms. The van der Waals surface area contributed by atoms with Crippen LogP contribution in [0, 0.1) is 11.3 Å². The standard InChI is InChI=1S/C13H10N2O2/c14-8-10-2-1-3-11(6-10)9-15-5-4-12(16)7-13(15)17/h1-7,16H,9H2. The second-order valence-electron chi connectivity index (χ2n) is 3.66. The van der Waals surface area contributed by atoms with Gasteiger partial charge in [-0.2, -0.15) is 5.26 Å². The number of pyridine rings is 1. The molecule has 0 aliphatic rings. The first-order valence-corrected chi connectivity index (χ1v) is 5.07. The highest BCUT2D eigenvalue weighted by Gasteiger charge is 2.00. The quantitative estimate of drug-likeness (QED) is 0.843. The Hall–Kier alpha value is -2.54. The summed E-state index contributed by atoms with van der Waals surface area (Å²) in [5, 5.41) is 17.9. The van der Waals surface area contributed by atoms with E-state index in [2.05, 4.69) is 0 Å². The number of hydrogen-bond donors (Lipinski definition) is 1. The second kappa shape index (κ2) is 4.54. The van der Waals surface area contributed by atoms with Gasteiger partial charge in [-0.05, 0) is 23.8 Å². The SMILES string of the molecule is N#Cc1cccc(Cn2ccc(O)cc2=O)c1. The maximum absolute atomic E-state index is 11.5. The van der Waals surface area contributed by atoms with Gasteiger partial charge in [0.05, 0.1) is 18.2 Å². The highest BCUT2D eigenvalue weighted by atomic mass is 16.3. The van der Waals surface area contributed by atoms with Crippen LogP contribution in [-0.2, 0) is 6.54 Å². The summed E-state index contributed by atoms with van der Waals surface area (Å²) in [5.74, 6) is -0.0444. The Labute approximate surface area is 98.0 Å². The Balaban J connectivity index is 2.32. The van der Waals surface area contributed by atoms with Crippen LogP contribution in [0.15, 0.2) is 47.4 Å². The number of nitrogens with zero attached hydrogens (tertiary/aromatic N) is 2. The lowest BCUT2D eigenvalue weighted by Crippen LogP contribution is -2.18. The predicted octanol–water partition coefficient (Wildman–Crippen LogP) is 1.47. The van der Waals surface area contributed by atoms with E-state index >= 15 is 0 Å². The van der Waals surface area contributed by atoms with Crippen LogP contribution in [0.4, 0.5) is 0 Å². The van der Waals surface area contributed by atoms with Crippen molar-refractivity contribution in [2.24, 2.45) is 0 Å². The van der Waals surface area contributed by atoms with Crippen LogP contribution in [0.2, 0.25) is 0 Å². The maximum Gasteiger partial charge on any atom is 0.254 e. The van der Waals surface area contributed by atoms with Gasteiger partial charge >= 0.3 is 0 Å². The molecule has 1 aromatic heterocycles. The molecule has 0 aliphatic heterocycles. The molecule has 0 radical (unpaired) electrons. The van der Waals surface area contributed by atoms with Gasteiger partial charge in [0.25, 0.3) is 5.56 Å². The lowest BCUT2D eigenvalue weighted by molar-refractivity contribution is 0.471. The van der Waals surface area contributed by atoms with E-state index in [1.165, 1.54) is 16.8 Å². The van der Waals surface area contributed by atoms with Crippen molar-refractivity contribution in [1.29, 1.82) is 5.26 Å². The van der Waals surface area contributed by atoms with Crippen LogP contribution < -0.4 is 5.56 Å². The second-order valence-corrected chi connectivity index (χ2v) is 3.66. The molecule has 4 nitrogen and oxygen atoms in total. The van der Waals surface area contributed by atoms with Gasteiger partial charge in [-0.3, -0.25) is 4.79 Å². The average Bonchev–Trinajstić information content (AvgIpc) is 2.33. The van der Waals surface area contributed by atoms with Crippen LogP contribution in [0.5, 0.6) is 5.75 Å². The topological polar surface area (TPSA) is 66.0 Å². The van der Waals surface area contributed by atoms with E-state index in [0.717, 1.165) is 11.6 Å². The van der Waals surface area contributed by atoms with Gasteiger partial charge in [0.1, 0.15) is 5.75 Å². The minimum Gasteiger partial charge on any atom is -0.508 e. The largest absolute Gasteiger partial charge is 0.508 e. The first-order valence-electron chi connectivity index (χ1n) is 5.07. The molecular weight excluding hydrogens is 216 g/mol. The van der Waals surface area contributed by atoms with Crippen LogP contribution in [0.3, 0.4) is 0 Å². The summed E-state index contributed by atoms with van der Waals surface area (Å²) in [7, 11) is 0. The van der Waals surface area contributed by atoms with Crippen molar-refractivity contribution in [3.05, 3.63) is 64.1 Å². The molecule has 0 saturated carbocycles. The molecule has 0 bridgehead atoms. The maximum atomic E-state index is 11.5. The smallest absolute Gasteiger partial charge is 0.254 e. The van der Waals surface area contributed by atoms with Crippen molar-refractivity contribution >= 4 is 0 Å². The van der Waals surface area contributed by atoms with Crippen LogP contribution in [0.25, 0.3) is 0 Å². The summed E-state index contributed by atoms with van der Waals surface area (Å²) < 4.78 is 1.47. The molecule has 0 unspecified atom stereocenters. The Kier molecular flexibility index (Phi) is 2.93. The van der Waals surface area contributed by atoms with Crippen molar-refractivity contribution in [2.45, 2.75) is 6.54 Å². The average molecular weight is 226 g/mol. The fourth-order valence-corrected chi connectivity index (χ4v) is 1.56. The van der Waals surface area contributed by atoms with E-state index in [9.17, 15) is 4.79 Å². The first kappa shape index (κ1) is 11.0. The Morgan fingerprint density at radius 3 is 2.82 bits per heavy atom. The lowest BCUT2D eigenvalue weighted by atomic mass is 10.1.